The molecule has 1 aliphatic rings. The number of hydrogen-bond acceptors (Lipinski definition) is 5. The summed E-state index contributed by atoms with van der Waals surface area (Å²) in [6.45, 7) is 11.9. The Balaban J connectivity index is 1.46. The minimum absolute atomic E-state index is 0.293. The Bertz CT molecular complexity index is 886. The van der Waals surface area contributed by atoms with E-state index in [-0.39, 0.29) is 5.91 Å². The summed E-state index contributed by atoms with van der Waals surface area (Å²) in [6.07, 6.45) is -0.609. The van der Waals surface area contributed by atoms with Crippen LogP contribution in [0, 0.1) is 0 Å². The number of amides is 2. The molecule has 2 aromatic carbocycles. The van der Waals surface area contributed by atoms with Gasteiger partial charge in [0.2, 0.25) is 5.91 Å². The molecule has 1 fully saturated rings. The Morgan fingerprint density at radius 1 is 0.969 bits per heavy atom. The van der Waals surface area contributed by atoms with Crippen molar-refractivity contribution in [1.82, 2.24) is 10.2 Å². The third kappa shape index (κ3) is 7.27. The zero-order valence-electron chi connectivity index (χ0n) is 19.4. The van der Waals surface area contributed by atoms with Crippen LogP contribution in [0.4, 0.5) is 16.2 Å². The second kappa shape index (κ2) is 10.5. The quantitative estimate of drug-likeness (QED) is 0.716. The SMILES string of the molecule is C[C@@H](NC(=O)OC(C)(C)C)C(=O)Nc1ccc(N2CCN(Cc3ccccc3)CC2)cc1. The second-order valence-corrected chi connectivity index (χ2v) is 9.15. The summed E-state index contributed by atoms with van der Waals surface area (Å²) >= 11 is 0. The van der Waals surface area contributed by atoms with Crippen LogP contribution >= 0.6 is 0 Å². The fourth-order valence-corrected chi connectivity index (χ4v) is 3.56. The van der Waals surface area contributed by atoms with Gasteiger partial charge in [0.05, 0.1) is 0 Å². The molecule has 0 aliphatic carbocycles. The molecule has 0 spiro atoms. The van der Waals surface area contributed by atoms with E-state index >= 15 is 0 Å². The maximum atomic E-state index is 12.4. The highest BCUT2D eigenvalue weighted by molar-refractivity contribution is 5.96. The summed E-state index contributed by atoms with van der Waals surface area (Å²) in [5.41, 5.74) is 2.57. The minimum atomic E-state index is -0.706. The Morgan fingerprint density at radius 3 is 2.19 bits per heavy atom. The molecular formula is C25H34N4O3. The zero-order valence-corrected chi connectivity index (χ0v) is 19.4. The van der Waals surface area contributed by atoms with E-state index in [0.717, 1.165) is 38.4 Å². The fourth-order valence-electron chi connectivity index (χ4n) is 3.56. The molecule has 0 radical (unpaired) electrons. The molecule has 2 amide bonds. The molecule has 2 aromatic rings. The lowest BCUT2D eigenvalue weighted by atomic mass is 10.2. The Kier molecular flexibility index (Phi) is 7.75. The number of benzene rings is 2. The van der Waals surface area contributed by atoms with Crippen molar-refractivity contribution in [3.8, 4) is 0 Å². The Hall–Kier alpha value is -3.06. The largest absolute Gasteiger partial charge is 0.444 e. The zero-order chi connectivity index (χ0) is 23.1. The van der Waals surface area contributed by atoms with Crippen molar-refractivity contribution in [3.05, 3.63) is 60.2 Å². The van der Waals surface area contributed by atoms with Crippen molar-refractivity contribution >= 4 is 23.4 Å². The lowest BCUT2D eigenvalue weighted by Gasteiger charge is -2.36. The normalized spacial score (nSPS) is 15.7. The van der Waals surface area contributed by atoms with E-state index in [2.05, 4.69) is 44.7 Å². The highest BCUT2D eigenvalue weighted by Crippen LogP contribution is 2.20. The molecule has 172 valence electrons. The van der Waals surface area contributed by atoms with Gasteiger partial charge in [0, 0.05) is 44.1 Å². The van der Waals surface area contributed by atoms with Gasteiger partial charge in [0.1, 0.15) is 11.6 Å². The summed E-state index contributed by atoms with van der Waals surface area (Å²) in [5.74, 6) is -0.293. The predicted octanol–water partition coefficient (Wildman–Crippen LogP) is 3.86. The first-order chi connectivity index (χ1) is 15.2. The van der Waals surface area contributed by atoms with E-state index in [1.54, 1.807) is 27.7 Å². The number of alkyl carbamates (subject to hydrolysis) is 1. The van der Waals surface area contributed by atoms with Gasteiger partial charge in [-0.25, -0.2) is 4.79 Å². The average Bonchev–Trinajstić information content (AvgIpc) is 2.74. The molecule has 0 unspecified atom stereocenters. The van der Waals surface area contributed by atoms with Crippen molar-refractivity contribution < 1.29 is 14.3 Å². The molecule has 1 atom stereocenters. The van der Waals surface area contributed by atoms with Crippen LogP contribution in [-0.4, -0.2) is 54.7 Å². The molecule has 1 aliphatic heterocycles. The fraction of sp³-hybridized carbons (Fsp3) is 0.440. The van der Waals surface area contributed by atoms with Crippen LogP contribution < -0.4 is 15.5 Å². The third-order valence-electron chi connectivity index (χ3n) is 5.25. The first-order valence-electron chi connectivity index (χ1n) is 11.1. The van der Waals surface area contributed by atoms with Gasteiger partial charge in [-0.2, -0.15) is 0 Å². The molecule has 1 heterocycles. The number of piperazine rings is 1. The number of carbonyl (C=O) groups is 2. The van der Waals surface area contributed by atoms with Gasteiger partial charge in [0.15, 0.2) is 0 Å². The summed E-state index contributed by atoms with van der Waals surface area (Å²) < 4.78 is 5.19. The van der Waals surface area contributed by atoms with E-state index in [1.807, 2.05) is 30.3 Å². The highest BCUT2D eigenvalue weighted by atomic mass is 16.6. The molecule has 32 heavy (non-hydrogen) atoms. The molecule has 3 rings (SSSR count). The number of nitrogens with zero attached hydrogens (tertiary/aromatic N) is 2. The predicted molar refractivity (Wildman–Crippen MR) is 128 cm³/mol. The van der Waals surface area contributed by atoms with E-state index in [0.29, 0.717) is 5.69 Å². The van der Waals surface area contributed by atoms with Crippen molar-refractivity contribution in [2.45, 2.75) is 45.9 Å². The minimum Gasteiger partial charge on any atom is -0.444 e. The number of rotatable bonds is 6. The first kappa shape index (κ1) is 23.6. The van der Waals surface area contributed by atoms with Gasteiger partial charge >= 0.3 is 6.09 Å². The van der Waals surface area contributed by atoms with Crippen molar-refractivity contribution in [1.29, 1.82) is 0 Å². The second-order valence-electron chi connectivity index (χ2n) is 9.15. The van der Waals surface area contributed by atoms with E-state index in [4.69, 9.17) is 4.74 Å². The summed E-state index contributed by atoms with van der Waals surface area (Å²) in [7, 11) is 0. The van der Waals surface area contributed by atoms with Crippen LogP contribution in [0.2, 0.25) is 0 Å². The number of nitrogens with one attached hydrogen (secondary N) is 2. The number of carbonyl (C=O) groups excluding carboxylic acids is 2. The smallest absolute Gasteiger partial charge is 0.408 e. The molecule has 0 saturated carbocycles. The monoisotopic (exact) mass is 438 g/mol. The van der Waals surface area contributed by atoms with Gasteiger partial charge in [-0.05, 0) is 57.5 Å². The van der Waals surface area contributed by atoms with Crippen LogP contribution in [0.5, 0.6) is 0 Å². The first-order valence-corrected chi connectivity index (χ1v) is 11.1. The van der Waals surface area contributed by atoms with E-state index < -0.39 is 17.7 Å². The van der Waals surface area contributed by atoms with Gasteiger partial charge in [-0.1, -0.05) is 30.3 Å². The number of anilines is 2. The Labute approximate surface area is 190 Å². The molecular weight excluding hydrogens is 404 g/mol. The molecule has 7 heteroatoms. The van der Waals surface area contributed by atoms with Crippen molar-refractivity contribution in [2.24, 2.45) is 0 Å². The third-order valence-corrected chi connectivity index (χ3v) is 5.25. The van der Waals surface area contributed by atoms with Gasteiger partial charge in [-0.3, -0.25) is 9.69 Å². The van der Waals surface area contributed by atoms with E-state index in [1.165, 1.54) is 5.56 Å². The standard InChI is InChI=1S/C25H34N4O3/c1-19(26-24(31)32-25(2,3)4)23(30)27-21-10-12-22(13-11-21)29-16-14-28(15-17-29)18-20-8-6-5-7-9-20/h5-13,19H,14-18H2,1-4H3,(H,26,31)(H,27,30)/t19-/m1/s1. The van der Waals surface area contributed by atoms with Crippen molar-refractivity contribution in [3.63, 3.8) is 0 Å². The van der Waals surface area contributed by atoms with Crippen LogP contribution in [-0.2, 0) is 16.1 Å². The average molecular weight is 439 g/mol. The molecule has 7 nitrogen and oxygen atoms in total. The van der Waals surface area contributed by atoms with Gasteiger partial charge < -0.3 is 20.3 Å². The molecule has 1 saturated heterocycles. The highest BCUT2D eigenvalue weighted by Gasteiger charge is 2.21. The lowest BCUT2D eigenvalue weighted by Crippen LogP contribution is -2.46. The van der Waals surface area contributed by atoms with Gasteiger partial charge in [-0.15, -0.1) is 0 Å². The summed E-state index contributed by atoms with van der Waals surface area (Å²) in [6, 6.07) is 17.7. The summed E-state index contributed by atoms with van der Waals surface area (Å²) in [5, 5.41) is 5.39. The number of ether oxygens (including phenoxy) is 1. The maximum absolute atomic E-state index is 12.4. The number of hydrogen-bond donors (Lipinski definition) is 2. The molecule has 0 aromatic heterocycles. The van der Waals surface area contributed by atoms with Crippen LogP contribution in [0.25, 0.3) is 0 Å². The van der Waals surface area contributed by atoms with Crippen molar-refractivity contribution in [2.75, 3.05) is 36.4 Å². The Morgan fingerprint density at radius 2 is 1.59 bits per heavy atom. The van der Waals surface area contributed by atoms with Crippen LogP contribution in [0.3, 0.4) is 0 Å². The van der Waals surface area contributed by atoms with Crippen LogP contribution in [0.1, 0.15) is 33.3 Å². The maximum Gasteiger partial charge on any atom is 0.408 e. The molecule has 2 N–H and O–H groups in total. The van der Waals surface area contributed by atoms with E-state index in [9.17, 15) is 9.59 Å². The lowest BCUT2D eigenvalue weighted by molar-refractivity contribution is -0.117. The topological polar surface area (TPSA) is 73.9 Å². The van der Waals surface area contributed by atoms with Crippen LogP contribution in [0.15, 0.2) is 54.6 Å². The molecule has 0 bridgehead atoms. The van der Waals surface area contributed by atoms with Gasteiger partial charge in [0.25, 0.3) is 0 Å². The summed E-state index contributed by atoms with van der Waals surface area (Å²) in [4.78, 5) is 29.1.